The van der Waals surface area contributed by atoms with Crippen LogP contribution in [-0.4, -0.2) is 37.2 Å². The van der Waals surface area contributed by atoms with Gasteiger partial charge in [0.1, 0.15) is 6.33 Å². The van der Waals surface area contributed by atoms with E-state index in [1.807, 2.05) is 0 Å². The lowest BCUT2D eigenvalue weighted by Gasteiger charge is -2.35. The summed E-state index contributed by atoms with van der Waals surface area (Å²) in [6.07, 6.45) is 8.31. The van der Waals surface area contributed by atoms with E-state index in [4.69, 9.17) is 0 Å². The molecular weight excluding hydrogens is 270 g/mol. The summed E-state index contributed by atoms with van der Waals surface area (Å²) >= 11 is 0. The molecule has 0 saturated heterocycles. The van der Waals surface area contributed by atoms with Crippen molar-refractivity contribution in [3.63, 3.8) is 0 Å². The lowest BCUT2D eigenvalue weighted by Crippen LogP contribution is -2.41. The fourth-order valence-corrected chi connectivity index (χ4v) is 2.92. The molecule has 0 unspecified atom stereocenters. The predicted octanol–water partition coefficient (Wildman–Crippen LogP) is 1.82. The maximum Gasteiger partial charge on any atom is 0.311 e. The van der Waals surface area contributed by atoms with Gasteiger partial charge in [-0.15, -0.1) is 10.2 Å². The molecule has 1 aliphatic carbocycles. The molecule has 2 aromatic heterocycles. The van der Waals surface area contributed by atoms with Crippen LogP contribution in [0.1, 0.15) is 32.6 Å². The number of fused-ring (bicyclic) bond motifs is 1. The van der Waals surface area contributed by atoms with E-state index >= 15 is 0 Å². The summed E-state index contributed by atoms with van der Waals surface area (Å²) in [4.78, 5) is 16.0. The SMILES string of the molecule is CC1CCC(CNc2nccn3cnnc23)(C(=O)O)CC1. The number of carboxylic acids is 1. The molecule has 2 heterocycles. The van der Waals surface area contributed by atoms with E-state index < -0.39 is 11.4 Å². The zero-order chi connectivity index (χ0) is 14.9. The molecule has 0 atom stereocenters. The Balaban J connectivity index is 1.78. The van der Waals surface area contributed by atoms with E-state index in [9.17, 15) is 9.90 Å². The van der Waals surface area contributed by atoms with Gasteiger partial charge in [-0.25, -0.2) is 4.98 Å². The number of carboxylic acid groups (broad SMARTS) is 1. The van der Waals surface area contributed by atoms with E-state index in [2.05, 4.69) is 27.4 Å². The Labute approximate surface area is 122 Å². The van der Waals surface area contributed by atoms with Crippen LogP contribution in [0.3, 0.4) is 0 Å². The third kappa shape index (κ3) is 2.55. The van der Waals surface area contributed by atoms with Gasteiger partial charge in [0.2, 0.25) is 5.65 Å². The zero-order valence-electron chi connectivity index (χ0n) is 12.0. The Kier molecular flexibility index (Phi) is 3.48. The highest BCUT2D eigenvalue weighted by Crippen LogP contribution is 2.39. The summed E-state index contributed by atoms with van der Waals surface area (Å²) in [6, 6.07) is 0. The zero-order valence-corrected chi connectivity index (χ0v) is 12.0. The average Bonchev–Trinajstić information content (AvgIpc) is 2.96. The highest BCUT2D eigenvalue weighted by Gasteiger charge is 2.41. The van der Waals surface area contributed by atoms with Gasteiger partial charge in [-0.2, -0.15) is 0 Å². The van der Waals surface area contributed by atoms with Gasteiger partial charge in [0.25, 0.3) is 0 Å². The first-order valence-electron chi connectivity index (χ1n) is 7.22. The van der Waals surface area contributed by atoms with Crippen molar-refractivity contribution in [1.29, 1.82) is 0 Å². The molecule has 1 aliphatic rings. The number of hydrogen-bond acceptors (Lipinski definition) is 5. The summed E-state index contributed by atoms with van der Waals surface area (Å²) in [7, 11) is 0. The highest BCUT2D eigenvalue weighted by atomic mass is 16.4. The van der Waals surface area contributed by atoms with E-state index in [0.29, 0.717) is 36.8 Å². The fourth-order valence-electron chi connectivity index (χ4n) is 2.92. The molecule has 2 aromatic rings. The van der Waals surface area contributed by atoms with Crippen LogP contribution in [0.25, 0.3) is 5.65 Å². The first kappa shape index (κ1) is 13.8. The van der Waals surface area contributed by atoms with Gasteiger partial charge in [-0.05, 0) is 31.6 Å². The fraction of sp³-hybridized carbons (Fsp3) is 0.571. The van der Waals surface area contributed by atoms with Crippen molar-refractivity contribution in [2.75, 3.05) is 11.9 Å². The van der Waals surface area contributed by atoms with Crippen molar-refractivity contribution < 1.29 is 9.90 Å². The van der Waals surface area contributed by atoms with Crippen molar-refractivity contribution in [3.8, 4) is 0 Å². The average molecular weight is 289 g/mol. The largest absolute Gasteiger partial charge is 0.481 e. The summed E-state index contributed by atoms with van der Waals surface area (Å²) < 4.78 is 1.76. The Bertz CT molecular complexity index is 646. The predicted molar refractivity (Wildman–Crippen MR) is 77.0 cm³/mol. The first-order chi connectivity index (χ1) is 10.1. The molecular formula is C14H19N5O2. The van der Waals surface area contributed by atoms with Crippen molar-refractivity contribution in [2.45, 2.75) is 32.6 Å². The second kappa shape index (κ2) is 5.31. The molecule has 1 fully saturated rings. The number of nitrogens with zero attached hydrogens (tertiary/aromatic N) is 4. The number of aromatic nitrogens is 4. The summed E-state index contributed by atoms with van der Waals surface area (Å²) in [5.41, 5.74) is -0.0941. The number of hydrogen-bond donors (Lipinski definition) is 2. The van der Waals surface area contributed by atoms with Crippen LogP contribution in [0.2, 0.25) is 0 Å². The molecule has 21 heavy (non-hydrogen) atoms. The summed E-state index contributed by atoms with van der Waals surface area (Å²) in [5, 5.41) is 20.6. The van der Waals surface area contributed by atoms with Crippen LogP contribution in [-0.2, 0) is 4.79 Å². The maximum absolute atomic E-state index is 11.7. The van der Waals surface area contributed by atoms with Gasteiger partial charge < -0.3 is 10.4 Å². The van der Waals surface area contributed by atoms with E-state index in [0.717, 1.165) is 12.8 Å². The van der Waals surface area contributed by atoms with Crippen molar-refractivity contribution >= 4 is 17.4 Å². The lowest BCUT2D eigenvalue weighted by atomic mass is 9.71. The molecule has 7 heteroatoms. The summed E-state index contributed by atoms with van der Waals surface area (Å²) in [5.74, 6) is 0.458. The Morgan fingerprint density at radius 3 is 3.00 bits per heavy atom. The van der Waals surface area contributed by atoms with E-state index in [1.165, 1.54) is 0 Å². The first-order valence-corrected chi connectivity index (χ1v) is 7.22. The molecule has 0 spiro atoms. The quantitative estimate of drug-likeness (QED) is 0.892. The third-order valence-electron chi connectivity index (χ3n) is 4.50. The second-order valence-corrected chi connectivity index (χ2v) is 5.96. The van der Waals surface area contributed by atoms with Gasteiger partial charge >= 0.3 is 5.97 Å². The van der Waals surface area contributed by atoms with Crippen molar-refractivity contribution in [2.24, 2.45) is 11.3 Å². The monoisotopic (exact) mass is 289 g/mol. The normalized spacial score (nSPS) is 25.9. The van der Waals surface area contributed by atoms with Crippen LogP contribution in [0, 0.1) is 11.3 Å². The van der Waals surface area contributed by atoms with Gasteiger partial charge in [-0.3, -0.25) is 9.20 Å². The van der Waals surface area contributed by atoms with Crippen LogP contribution < -0.4 is 5.32 Å². The van der Waals surface area contributed by atoms with Crippen LogP contribution in [0.5, 0.6) is 0 Å². The molecule has 7 nitrogen and oxygen atoms in total. The van der Waals surface area contributed by atoms with Crippen LogP contribution in [0.4, 0.5) is 5.82 Å². The smallest absolute Gasteiger partial charge is 0.311 e. The Morgan fingerprint density at radius 2 is 2.29 bits per heavy atom. The Morgan fingerprint density at radius 1 is 1.52 bits per heavy atom. The number of carbonyl (C=O) groups is 1. The van der Waals surface area contributed by atoms with Gasteiger partial charge in [0.05, 0.1) is 5.41 Å². The molecule has 0 bridgehead atoms. The number of aliphatic carboxylic acids is 1. The molecule has 0 amide bonds. The molecule has 1 saturated carbocycles. The van der Waals surface area contributed by atoms with Gasteiger partial charge in [0.15, 0.2) is 5.82 Å². The minimum atomic E-state index is -0.727. The topological polar surface area (TPSA) is 92.4 Å². The van der Waals surface area contributed by atoms with Crippen LogP contribution in [0.15, 0.2) is 18.7 Å². The van der Waals surface area contributed by atoms with Crippen molar-refractivity contribution in [1.82, 2.24) is 19.6 Å². The second-order valence-electron chi connectivity index (χ2n) is 5.96. The van der Waals surface area contributed by atoms with E-state index in [-0.39, 0.29) is 0 Å². The standard InChI is InChI=1S/C14H19N5O2/c1-10-2-4-14(5-3-10,13(20)21)8-16-11-12-18-17-9-19(12)7-6-15-11/h6-7,9-10H,2-5,8H2,1H3,(H,15,16)(H,20,21). The molecule has 0 radical (unpaired) electrons. The molecule has 2 N–H and O–H groups in total. The number of anilines is 1. The lowest BCUT2D eigenvalue weighted by molar-refractivity contribution is -0.150. The number of nitrogens with one attached hydrogen (secondary N) is 1. The van der Waals surface area contributed by atoms with Gasteiger partial charge in [0, 0.05) is 18.9 Å². The Hall–Kier alpha value is -2.18. The maximum atomic E-state index is 11.7. The summed E-state index contributed by atoms with van der Waals surface area (Å²) in [6.45, 7) is 2.55. The molecule has 0 aromatic carbocycles. The molecule has 3 rings (SSSR count). The molecule has 0 aliphatic heterocycles. The highest BCUT2D eigenvalue weighted by molar-refractivity contribution is 5.76. The van der Waals surface area contributed by atoms with Crippen molar-refractivity contribution in [3.05, 3.63) is 18.7 Å². The molecule has 112 valence electrons. The number of rotatable bonds is 4. The van der Waals surface area contributed by atoms with Crippen LogP contribution >= 0.6 is 0 Å². The third-order valence-corrected chi connectivity index (χ3v) is 4.50. The van der Waals surface area contributed by atoms with E-state index in [1.54, 1.807) is 23.1 Å². The van der Waals surface area contributed by atoms with Gasteiger partial charge in [-0.1, -0.05) is 6.92 Å². The minimum Gasteiger partial charge on any atom is -0.481 e. The minimum absolute atomic E-state index is 0.370.